The molecule has 0 saturated carbocycles. The third-order valence-corrected chi connectivity index (χ3v) is 2.86. The Morgan fingerprint density at radius 1 is 1.28 bits per heavy atom. The summed E-state index contributed by atoms with van der Waals surface area (Å²) in [5.74, 6) is 0.599. The van der Waals surface area contributed by atoms with E-state index in [1.807, 2.05) is 36.4 Å². The molecule has 1 unspecified atom stereocenters. The molecule has 94 valence electrons. The second kappa shape index (κ2) is 6.38. The first-order valence-corrected chi connectivity index (χ1v) is 6.06. The van der Waals surface area contributed by atoms with Crippen molar-refractivity contribution in [3.05, 3.63) is 59.4 Å². The molecule has 1 aromatic carbocycles. The van der Waals surface area contributed by atoms with E-state index in [1.165, 1.54) is 0 Å². The fraction of sp³-hybridized carbons (Fsp3) is 0.214. The van der Waals surface area contributed by atoms with Crippen LogP contribution in [0.4, 0.5) is 0 Å². The largest absolute Gasteiger partial charge is 0.491 e. The standard InChI is InChI=1S/C14H14ClNO2/c15-13-4-1-3-11(7-13)12(9-17)10-18-14-5-2-6-16-8-14/h1-8,12,17H,9-10H2. The summed E-state index contributed by atoms with van der Waals surface area (Å²) >= 11 is 5.93. The van der Waals surface area contributed by atoms with Crippen molar-refractivity contribution in [1.82, 2.24) is 4.98 Å². The van der Waals surface area contributed by atoms with Gasteiger partial charge in [0.15, 0.2) is 0 Å². The van der Waals surface area contributed by atoms with Crippen LogP contribution < -0.4 is 4.74 Å². The Morgan fingerprint density at radius 3 is 2.83 bits per heavy atom. The number of aromatic nitrogens is 1. The quantitative estimate of drug-likeness (QED) is 0.902. The van der Waals surface area contributed by atoms with Crippen molar-refractivity contribution in [2.75, 3.05) is 13.2 Å². The van der Waals surface area contributed by atoms with Gasteiger partial charge in [-0.1, -0.05) is 23.7 Å². The maximum absolute atomic E-state index is 9.41. The van der Waals surface area contributed by atoms with E-state index >= 15 is 0 Å². The molecular formula is C14H14ClNO2. The van der Waals surface area contributed by atoms with E-state index in [4.69, 9.17) is 16.3 Å². The molecule has 0 aliphatic rings. The van der Waals surface area contributed by atoms with Gasteiger partial charge >= 0.3 is 0 Å². The Balaban J connectivity index is 2.02. The molecule has 0 amide bonds. The monoisotopic (exact) mass is 263 g/mol. The van der Waals surface area contributed by atoms with Crippen LogP contribution in [0, 0.1) is 0 Å². The van der Waals surface area contributed by atoms with E-state index in [1.54, 1.807) is 12.4 Å². The van der Waals surface area contributed by atoms with Gasteiger partial charge in [-0.05, 0) is 29.8 Å². The van der Waals surface area contributed by atoms with E-state index < -0.39 is 0 Å². The van der Waals surface area contributed by atoms with E-state index in [-0.39, 0.29) is 12.5 Å². The average Bonchev–Trinajstić information content (AvgIpc) is 2.41. The summed E-state index contributed by atoms with van der Waals surface area (Å²) < 4.78 is 5.59. The fourth-order valence-electron chi connectivity index (χ4n) is 1.64. The normalized spacial score (nSPS) is 12.1. The molecule has 0 bridgehead atoms. The lowest BCUT2D eigenvalue weighted by Gasteiger charge is -2.15. The minimum absolute atomic E-state index is 0.0145. The number of nitrogens with zero attached hydrogens (tertiary/aromatic N) is 1. The van der Waals surface area contributed by atoms with Crippen molar-refractivity contribution in [1.29, 1.82) is 0 Å². The molecule has 18 heavy (non-hydrogen) atoms. The van der Waals surface area contributed by atoms with Crippen LogP contribution in [-0.4, -0.2) is 23.3 Å². The average molecular weight is 264 g/mol. The number of rotatable bonds is 5. The van der Waals surface area contributed by atoms with Crippen LogP contribution in [0.2, 0.25) is 5.02 Å². The first kappa shape index (κ1) is 12.9. The predicted molar refractivity (Wildman–Crippen MR) is 71.0 cm³/mol. The smallest absolute Gasteiger partial charge is 0.137 e. The van der Waals surface area contributed by atoms with E-state index in [0.29, 0.717) is 17.4 Å². The van der Waals surface area contributed by atoms with Gasteiger partial charge in [0.25, 0.3) is 0 Å². The molecule has 0 saturated heterocycles. The van der Waals surface area contributed by atoms with Gasteiger partial charge in [-0.2, -0.15) is 0 Å². The van der Waals surface area contributed by atoms with Crippen molar-refractivity contribution < 1.29 is 9.84 Å². The molecule has 2 aromatic rings. The molecule has 0 radical (unpaired) electrons. The maximum Gasteiger partial charge on any atom is 0.137 e. The molecule has 4 heteroatoms. The van der Waals surface area contributed by atoms with Crippen molar-refractivity contribution in [3.8, 4) is 5.75 Å². The van der Waals surface area contributed by atoms with Crippen LogP contribution >= 0.6 is 11.6 Å². The zero-order valence-corrected chi connectivity index (χ0v) is 10.5. The van der Waals surface area contributed by atoms with E-state index in [9.17, 15) is 5.11 Å². The summed E-state index contributed by atoms with van der Waals surface area (Å²) in [5, 5.41) is 10.1. The summed E-state index contributed by atoms with van der Waals surface area (Å²) in [7, 11) is 0. The van der Waals surface area contributed by atoms with Crippen molar-refractivity contribution in [2.24, 2.45) is 0 Å². The predicted octanol–water partition coefficient (Wildman–Crippen LogP) is 2.89. The number of ether oxygens (including phenoxy) is 1. The lowest BCUT2D eigenvalue weighted by Crippen LogP contribution is -2.14. The summed E-state index contributed by atoms with van der Waals surface area (Å²) in [6, 6.07) is 11.1. The molecule has 3 nitrogen and oxygen atoms in total. The van der Waals surface area contributed by atoms with Crippen molar-refractivity contribution >= 4 is 11.6 Å². The highest BCUT2D eigenvalue weighted by atomic mass is 35.5. The first-order valence-electron chi connectivity index (χ1n) is 5.68. The zero-order valence-electron chi connectivity index (χ0n) is 9.79. The number of hydrogen-bond donors (Lipinski definition) is 1. The molecule has 1 aromatic heterocycles. The number of halogens is 1. The maximum atomic E-state index is 9.41. The van der Waals surface area contributed by atoms with Crippen LogP contribution in [0.5, 0.6) is 5.75 Å². The Hall–Kier alpha value is -1.58. The van der Waals surface area contributed by atoms with Gasteiger partial charge in [-0.15, -0.1) is 0 Å². The fourth-order valence-corrected chi connectivity index (χ4v) is 1.84. The number of benzene rings is 1. The molecule has 0 fully saturated rings. The SMILES string of the molecule is OCC(COc1cccnc1)c1cccc(Cl)c1. The molecule has 2 rings (SSSR count). The van der Waals surface area contributed by atoms with Gasteiger partial charge in [0, 0.05) is 17.1 Å². The third-order valence-electron chi connectivity index (χ3n) is 2.63. The Bertz CT molecular complexity index is 490. The van der Waals surface area contributed by atoms with Gasteiger partial charge < -0.3 is 9.84 Å². The lowest BCUT2D eigenvalue weighted by molar-refractivity contribution is 0.204. The summed E-state index contributed by atoms with van der Waals surface area (Å²) in [6.07, 6.45) is 3.33. The molecule has 0 spiro atoms. The molecular weight excluding hydrogens is 250 g/mol. The summed E-state index contributed by atoms with van der Waals surface area (Å²) in [4.78, 5) is 3.97. The molecule has 1 atom stereocenters. The topological polar surface area (TPSA) is 42.4 Å². The van der Waals surface area contributed by atoms with Crippen LogP contribution in [0.3, 0.4) is 0 Å². The van der Waals surface area contributed by atoms with Crippen molar-refractivity contribution in [2.45, 2.75) is 5.92 Å². The second-order valence-electron chi connectivity index (χ2n) is 3.93. The molecule has 1 heterocycles. The Labute approximate surface area is 111 Å². The number of hydrogen-bond acceptors (Lipinski definition) is 3. The minimum Gasteiger partial charge on any atom is -0.491 e. The summed E-state index contributed by atoms with van der Waals surface area (Å²) in [5.41, 5.74) is 0.967. The zero-order chi connectivity index (χ0) is 12.8. The minimum atomic E-state index is -0.0936. The van der Waals surface area contributed by atoms with Crippen LogP contribution in [0.25, 0.3) is 0 Å². The summed E-state index contributed by atoms with van der Waals surface area (Å²) in [6.45, 7) is 0.406. The van der Waals surface area contributed by atoms with Crippen LogP contribution in [0.15, 0.2) is 48.8 Å². The Kier molecular flexibility index (Phi) is 4.56. The van der Waals surface area contributed by atoms with Crippen LogP contribution in [0.1, 0.15) is 11.5 Å². The molecule has 0 aliphatic carbocycles. The molecule has 0 aliphatic heterocycles. The Morgan fingerprint density at radius 2 is 2.17 bits per heavy atom. The highest BCUT2D eigenvalue weighted by molar-refractivity contribution is 6.30. The first-order chi connectivity index (χ1) is 8.79. The van der Waals surface area contributed by atoms with E-state index in [0.717, 1.165) is 5.56 Å². The number of aliphatic hydroxyl groups is 1. The highest BCUT2D eigenvalue weighted by Crippen LogP contribution is 2.20. The second-order valence-corrected chi connectivity index (χ2v) is 4.37. The van der Waals surface area contributed by atoms with Gasteiger partial charge in [-0.3, -0.25) is 4.98 Å². The van der Waals surface area contributed by atoms with Crippen LogP contribution in [-0.2, 0) is 0 Å². The van der Waals surface area contributed by atoms with E-state index in [2.05, 4.69) is 4.98 Å². The number of pyridine rings is 1. The van der Waals surface area contributed by atoms with Gasteiger partial charge in [0.2, 0.25) is 0 Å². The van der Waals surface area contributed by atoms with Gasteiger partial charge in [0.05, 0.1) is 19.4 Å². The molecule has 1 N–H and O–H groups in total. The van der Waals surface area contributed by atoms with Crippen molar-refractivity contribution in [3.63, 3.8) is 0 Å². The van der Waals surface area contributed by atoms with Gasteiger partial charge in [-0.25, -0.2) is 0 Å². The highest BCUT2D eigenvalue weighted by Gasteiger charge is 2.11. The van der Waals surface area contributed by atoms with Gasteiger partial charge in [0.1, 0.15) is 5.75 Å². The third kappa shape index (κ3) is 3.45. The lowest BCUT2D eigenvalue weighted by atomic mass is 10.0. The number of aliphatic hydroxyl groups excluding tert-OH is 1.